The van der Waals surface area contributed by atoms with Gasteiger partial charge in [0.25, 0.3) is 0 Å². The predicted molar refractivity (Wildman–Crippen MR) is 57.5 cm³/mol. The number of hydrogen-bond donors (Lipinski definition) is 1. The molecule has 0 bridgehead atoms. The van der Waals surface area contributed by atoms with Gasteiger partial charge in [-0.25, -0.2) is 4.39 Å². The maximum absolute atomic E-state index is 13.4. The lowest BCUT2D eigenvalue weighted by Gasteiger charge is -2.01. The number of aromatic amines is 1. The lowest BCUT2D eigenvalue weighted by Crippen LogP contribution is -2.06. The standard InChI is InChI=1S/C11H7ClFNO/c12-9-6-14-5-8(11(9)15)7-3-1-2-4-10(7)13/h1-6H,(H,14,15). The zero-order valence-corrected chi connectivity index (χ0v) is 8.38. The second-order valence-corrected chi connectivity index (χ2v) is 3.43. The average molecular weight is 224 g/mol. The van der Waals surface area contributed by atoms with Crippen LogP contribution in [0.3, 0.4) is 0 Å². The van der Waals surface area contributed by atoms with Crippen molar-refractivity contribution in [2.24, 2.45) is 0 Å². The van der Waals surface area contributed by atoms with E-state index in [1.54, 1.807) is 12.1 Å². The number of hydrogen-bond acceptors (Lipinski definition) is 1. The van der Waals surface area contributed by atoms with E-state index < -0.39 is 5.82 Å². The van der Waals surface area contributed by atoms with E-state index in [-0.39, 0.29) is 21.6 Å². The molecule has 15 heavy (non-hydrogen) atoms. The van der Waals surface area contributed by atoms with Gasteiger partial charge in [-0.2, -0.15) is 0 Å². The molecule has 0 aliphatic carbocycles. The number of halogens is 2. The molecule has 0 saturated heterocycles. The molecule has 0 unspecified atom stereocenters. The number of rotatable bonds is 1. The minimum atomic E-state index is -0.440. The minimum absolute atomic E-state index is 0.0516. The topological polar surface area (TPSA) is 32.9 Å². The Bertz CT molecular complexity index is 550. The Morgan fingerprint density at radius 2 is 1.87 bits per heavy atom. The normalized spacial score (nSPS) is 10.3. The molecule has 0 atom stereocenters. The smallest absolute Gasteiger partial charge is 0.208 e. The molecule has 76 valence electrons. The summed E-state index contributed by atoms with van der Waals surface area (Å²) in [5, 5.41) is 0.0516. The molecule has 0 radical (unpaired) electrons. The van der Waals surface area contributed by atoms with Crippen LogP contribution in [0.25, 0.3) is 11.1 Å². The Labute approximate surface area is 90.3 Å². The molecule has 0 fully saturated rings. The summed E-state index contributed by atoms with van der Waals surface area (Å²) in [6.07, 6.45) is 2.81. The molecular formula is C11H7ClFNO. The number of nitrogens with one attached hydrogen (secondary N) is 1. The monoisotopic (exact) mass is 223 g/mol. The van der Waals surface area contributed by atoms with Gasteiger partial charge in [-0.05, 0) is 6.07 Å². The third kappa shape index (κ3) is 1.78. The Kier molecular flexibility index (Phi) is 2.56. The largest absolute Gasteiger partial charge is 0.366 e. The van der Waals surface area contributed by atoms with E-state index in [1.807, 2.05) is 0 Å². The van der Waals surface area contributed by atoms with Gasteiger partial charge in [0, 0.05) is 23.5 Å². The lowest BCUT2D eigenvalue weighted by molar-refractivity contribution is 0.631. The molecule has 1 aromatic heterocycles. The van der Waals surface area contributed by atoms with Gasteiger partial charge in [0.2, 0.25) is 5.43 Å². The van der Waals surface area contributed by atoms with Crippen molar-refractivity contribution in [3.05, 3.63) is 57.7 Å². The van der Waals surface area contributed by atoms with Crippen LogP contribution in [0.1, 0.15) is 0 Å². The summed E-state index contributed by atoms with van der Waals surface area (Å²) in [6, 6.07) is 6.07. The molecule has 0 aliphatic heterocycles. The number of aromatic nitrogens is 1. The highest BCUT2D eigenvalue weighted by molar-refractivity contribution is 6.30. The third-order valence-corrected chi connectivity index (χ3v) is 2.34. The number of H-pyrrole nitrogens is 1. The number of benzene rings is 1. The highest BCUT2D eigenvalue weighted by Crippen LogP contribution is 2.19. The van der Waals surface area contributed by atoms with Crippen molar-refractivity contribution < 1.29 is 4.39 Å². The van der Waals surface area contributed by atoms with E-state index >= 15 is 0 Å². The first kappa shape index (κ1) is 9.93. The Balaban J connectivity index is 2.70. The van der Waals surface area contributed by atoms with Crippen molar-refractivity contribution >= 4 is 11.6 Å². The molecule has 2 aromatic rings. The predicted octanol–water partition coefficient (Wildman–Crippen LogP) is 2.83. The zero-order valence-electron chi connectivity index (χ0n) is 7.63. The first-order valence-electron chi connectivity index (χ1n) is 4.31. The van der Waals surface area contributed by atoms with E-state index in [1.165, 1.54) is 24.5 Å². The van der Waals surface area contributed by atoms with Crippen LogP contribution in [-0.2, 0) is 0 Å². The van der Waals surface area contributed by atoms with Gasteiger partial charge < -0.3 is 4.98 Å². The fourth-order valence-electron chi connectivity index (χ4n) is 1.34. The third-order valence-electron chi connectivity index (χ3n) is 2.06. The van der Waals surface area contributed by atoms with E-state index in [9.17, 15) is 9.18 Å². The highest BCUT2D eigenvalue weighted by atomic mass is 35.5. The van der Waals surface area contributed by atoms with Crippen LogP contribution in [0.15, 0.2) is 41.5 Å². The fraction of sp³-hybridized carbons (Fsp3) is 0. The van der Waals surface area contributed by atoms with Crippen molar-refractivity contribution in [3.8, 4) is 11.1 Å². The lowest BCUT2D eigenvalue weighted by atomic mass is 10.1. The van der Waals surface area contributed by atoms with Gasteiger partial charge in [-0.15, -0.1) is 0 Å². The summed E-state index contributed by atoms with van der Waals surface area (Å²) >= 11 is 5.65. The summed E-state index contributed by atoms with van der Waals surface area (Å²) in [7, 11) is 0. The Morgan fingerprint density at radius 3 is 2.60 bits per heavy atom. The van der Waals surface area contributed by atoms with Gasteiger partial charge in [0.15, 0.2) is 0 Å². The molecule has 1 aromatic carbocycles. The first-order valence-corrected chi connectivity index (χ1v) is 4.69. The summed E-state index contributed by atoms with van der Waals surface area (Å²) in [4.78, 5) is 14.3. The first-order chi connectivity index (χ1) is 7.20. The van der Waals surface area contributed by atoms with Crippen molar-refractivity contribution in [2.45, 2.75) is 0 Å². The van der Waals surface area contributed by atoms with Crippen LogP contribution >= 0.6 is 11.6 Å². The van der Waals surface area contributed by atoms with Crippen molar-refractivity contribution in [1.29, 1.82) is 0 Å². The molecule has 1 heterocycles. The Hall–Kier alpha value is -1.61. The summed E-state index contributed by atoms with van der Waals surface area (Å²) in [6.45, 7) is 0. The van der Waals surface area contributed by atoms with E-state index in [0.29, 0.717) is 0 Å². The van der Waals surface area contributed by atoms with Crippen molar-refractivity contribution in [3.63, 3.8) is 0 Å². The van der Waals surface area contributed by atoms with Crippen LogP contribution in [0.5, 0.6) is 0 Å². The van der Waals surface area contributed by atoms with Crippen LogP contribution in [0.4, 0.5) is 4.39 Å². The second kappa shape index (κ2) is 3.87. The summed E-state index contributed by atoms with van der Waals surface area (Å²) in [5.41, 5.74) is 0.113. The van der Waals surface area contributed by atoms with Gasteiger partial charge >= 0.3 is 0 Å². The van der Waals surface area contributed by atoms with E-state index in [4.69, 9.17) is 11.6 Å². The van der Waals surface area contributed by atoms with Gasteiger partial charge in [0.05, 0.1) is 0 Å². The quantitative estimate of drug-likeness (QED) is 0.792. The molecule has 0 saturated carbocycles. The van der Waals surface area contributed by atoms with Crippen molar-refractivity contribution in [1.82, 2.24) is 4.98 Å². The number of pyridine rings is 1. The van der Waals surface area contributed by atoms with Crippen LogP contribution in [0.2, 0.25) is 5.02 Å². The maximum atomic E-state index is 13.4. The van der Waals surface area contributed by atoms with Crippen LogP contribution in [-0.4, -0.2) is 4.98 Å². The highest BCUT2D eigenvalue weighted by Gasteiger charge is 2.09. The van der Waals surface area contributed by atoms with Gasteiger partial charge in [0.1, 0.15) is 10.8 Å². The molecule has 0 amide bonds. The summed E-state index contributed by atoms with van der Waals surface area (Å²) in [5.74, 6) is -0.440. The SMILES string of the molecule is O=c1c(Cl)c[nH]cc1-c1ccccc1F. The molecule has 2 nitrogen and oxygen atoms in total. The molecule has 1 N–H and O–H groups in total. The molecule has 0 spiro atoms. The van der Waals surface area contributed by atoms with Crippen LogP contribution in [0, 0.1) is 5.82 Å². The average Bonchev–Trinajstić information content (AvgIpc) is 2.23. The zero-order chi connectivity index (χ0) is 10.8. The molecule has 2 rings (SSSR count). The van der Waals surface area contributed by atoms with Gasteiger partial charge in [-0.3, -0.25) is 4.79 Å². The van der Waals surface area contributed by atoms with Crippen molar-refractivity contribution in [2.75, 3.05) is 0 Å². The molecule has 0 aliphatic rings. The molecule has 4 heteroatoms. The second-order valence-electron chi connectivity index (χ2n) is 3.03. The summed E-state index contributed by atoms with van der Waals surface area (Å²) < 4.78 is 13.4. The fourth-order valence-corrected chi connectivity index (χ4v) is 1.50. The molecular weight excluding hydrogens is 217 g/mol. The minimum Gasteiger partial charge on any atom is -0.366 e. The van der Waals surface area contributed by atoms with Crippen LogP contribution < -0.4 is 5.43 Å². The van der Waals surface area contributed by atoms with E-state index in [0.717, 1.165) is 0 Å². The van der Waals surface area contributed by atoms with Gasteiger partial charge in [-0.1, -0.05) is 29.8 Å². The maximum Gasteiger partial charge on any atom is 0.208 e. The van der Waals surface area contributed by atoms with E-state index in [2.05, 4.69) is 4.98 Å². The Morgan fingerprint density at radius 1 is 1.13 bits per heavy atom.